The van der Waals surface area contributed by atoms with Crippen LogP contribution in [0.3, 0.4) is 0 Å². The van der Waals surface area contributed by atoms with Crippen molar-refractivity contribution in [2.75, 3.05) is 11.9 Å². The molecule has 1 heterocycles. The Morgan fingerprint density at radius 1 is 1.27 bits per heavy atom. The largest absolute Gasteiger partial charge is 0.356 e. The van der Waals surface area contributed by atoms with E-state index in [0.717, 1.165) is 30.6 Å². The highest BCUT2D eigenvalue weighted by Crippen LogP contribution is 2.27. The zero-order chi connectivity index (χ0) is 15.8. The SMILES string of the molecule is CCCCCCNC(=O)CCC1Cc2ccccc2NC1=O. The van der Waals surface area contributed by atoms with Gasteiger partial charge in [-0.15, -0.1) is 0 Å². The molecule has 22 heavy (non-hydrogen) atoms. The van der Waals surface area contributed by atoms with E-state index in [1.54, 1.807) is 0 Å². The summed E-state index contributed by atoms with van der Waals surface area (Å²) in [4.78, 5) is 23.9. The molecule has 1 aliphatic heterocycles. The van der Waals surface area contributed by atoms with E-state index in [4.69, 9.17) is 0 Å². The standard InChI is InChI=1S/C18H26N2O2/c1-2-3-4-7-12-19-17(21)11-10-15-13-14-8-5-6-9-16(14)20-18(15)22/h5-6,8-9,15H,2-4,7,10-13H2,1H3,(H,19,21)(H,20,22). The Morgan fingerprint density at radius 2 is 2.09 bits per heavy atom. The van der Waals surface area contributed by atoms with Crippen LogP contribution in [-0.4, -0.2) is 18.4 Å². The Morgan fingerprint density at radius 3 is 2.91 bits per heavy atom. The van der Waals surface area contributed by atoms with Gasteiger partial charge in [-0.3, -0.25) is 9.59 Å². The zero-order valence-electron chi connectivity index (χ0n) is 13.4. The Bertz CT molecular complexity index is 514. The second-order valence-electron chi connectivity index (χ2n) is 6.00. The van der Waals surface area contributed by atoms with Crippen LogP contribution in [0.4, 0.5) is 5.69 Å². The summed E-state index contributed by atoms with van der Waals surface area (Å²) in [6, 6.07) is 7.86. The summed E-state index contributed by atoms with van der Waals surface area (Å²) in [5.41, 5.74) is 2.07. The maximum absolute atomic E-state index is 12.1. The number of carbonyl (C=O) groups is 2. The van der Waals surface area contributed by atoms with Gasteiger partial charge in [-0.25, -0.2) is 0 Å². The maximum Gasteiger partial charge on any atom is 0.227 e. The molecule has 1 atom stereocenters. The van der Waals surface area contributed by atoms with Crippen LogP contribution in [0.15, 0.2) is 24.3 Å². The first-order valence-corrected chi connectivity index (χ1v) is 8.36. The molecule has 1 unspecified atom stereocenters. The van der Waals surface area contributed by atoms with E-state index >= 15 is 0 Å². The van der Waals surface area contributed by atoms with Crippen molar-refractivity contribution >= 4 is 17.5 Å². The van der Waals surface area contributed by atoms with Crippen LogP contribution in [0.25, 0.3) is 0 Å². The molecule has 2 amide bonds. The number of para-hydroxylation sites is 1. The van der Waals surface area contributed by atoms with Crippen LogP contribution in [0.1, 0.15) is 51.0 Å². The zero-order valence-corrected chi connectivity index (χ0v) is 13.4. The summed E-state index contributed by atoms with van der Waals surface area (Å²) < 4.78 is 0. The van der Waals surface area contributed by atoms with Crippen molar-refractivity contribution < 1.29 is 9.59 Å². The van der Waals surface area contributed by atoms with Crippen LogP contribution in [0.2, 0.25) is 0 Å². The van der Waals surface area contributed by atoms with Gasteiger partial charge in [0, 0.05) is 24.6 Å². The Hall–Kier alpha value is -1.84. The lowest BCUT2D eigenvalue weighted by molar-refractivity contribution is -0.122. The van der Waals surface area contributed by atoms with Crippen molar-refractivity contribution in [2.45, 2.75) is 51.9 Å². The fraction of sp³-hybridized carbons (Fsp3) is 0.556. The second kappa shape index (κ2) is 8.57. The van der Waals surface area contributed by atoms with Gasteiger partial charge in [0.25, 0.3) is 0 Å². The third-order valence-corrected chi connectivity index (χ3v) is 4.18. The fourth-order valence-corrected chi connectivity index (χ4v) is 2.82. The third kappa shape index (κ3) is 4.86. The smallest absolute Gasteiger partial charge is 0.227 e. The highest BCUT2D eigenvalue weighted by molar-refractivity contribution is 5.96. The maximum atomic E-state index is 12.1. The van der Waals surface area contributed by atoms with Gasteiger partial charge < -0.3 is 10.6 Å². The van der Waals surface area contributed by atoms with Gasteiger partial charge in [-0.2, -0.15) is 0 Å². The van der Waals surface area contributed by atoms with Crippen molar-refractivity contribution in [3.63, 3.8) is 0 Å². The first-order valence-electron chi connectivity index (χ1n) is 8.36. The molecule has 1 aliphatic rings. The van der Waals surface area contributed by atoms with Crippen LogP contribution in [-0.2, 0) is 16.0 Å². The number of anilines is 1. The molecule has 2 N–H and O–H groups in total. The minimum atomic E-state index is -0.0965. The van der Waals surface area contributed by atoms with Crippen molar-refractivity contribution in [3.05, 3.63) is 29.8 Å². The predicted molar refractivity (Wildman–Crippen MR) is 88.7 cm³/mol. The molecular weight excluding hydrogens is 276 g/mol. The Balaban J connectivity index is 1.71. The summed E-state index contributed by atoms with van der Waals surface area (Å²) >= 11 is 0. The number of amides is 2. The number of hydrogen-bond acceptors (Lipinski definition) is 2. The van der Waals surface area contributed by atoms with Crippen LogP contribution >= 0.6 is 0 Å². The molecular formula is C18H26N2O2. The van der Waals surface area contributed by atoms with Crippen LogP contribution in [0.5, 0.6) is 0 Å². The molecule has 1 aromatic rings. The first kappa shape index (κ1) is 16.5. The van der Waals surface area contributed by atoms with Gasteiger partial charge >= 0.3 is 0 Å². The van der Waals surface area contributed by atoms with E-state index < -0.39 is 0 Å². The average Bonchev–Trinajstić information content (AvgIpc) is 2.52. The van der Waals surface area contributed by atoms with Crippen molar-refractivity contribution in [3.8, 4) is 0 Å². The molecule has 1 aromatic carbocycles. The van der Waals surface area contributed by atoms with Crippen LogP contribution < -0.4 is 10.6 Å². The van der Waals surface area contributed by atoms with E-state index in [-0.39, 0.29) is 17.7 Å². The van der Waals surface area contributed by atoms with E-state index in [0.29, 0.717) is 12.8 Å². The molecule has 0 spiro atoms. The molecule has 0 aromatic heterocycles. The van der Waals surface area contributed by atoms with E-state index in [1.807, 2.05) is 24.3 Å². The molecule has 4 heteroatoms. The molecule has 2 rings (SSSR count). The summed E-state index contributed by atoms with van der Waals surface area (Å²) in [7, 11) is 0. The number of unbranched alkanes of at least 4 members (excludes halogenated alkanes) is 3. The van der Waals surface area contributed by atoms with Crippen molar-refractivity contribution in [2.24, 2.45) is 5.92 Å². The van der Waals surface area contributed by atoms with Gasteiger partial charge in [0.2, 0.25) is 11.8 Å². The van der Waals surface area contributed by atoms with Gasteiger partial charge in [0.15, 0.2) is 0 Å². The number of nitrogens with one attached hydrogen (secondary N) is 2. The molecule has 120 valence electrons. The Kier molecular flexibility index (Phi) is 6.44. The second-order valence-corrected chi connectivity index (χ2v) is 6.00. The normalized spacial score (nSPS) is 16.8. The molecule has 0 fully saturated rings. The van der Waals surface area contributed by atoms with E-state index in [9.17, 15) is 9.59 Å². The molecule has 0 saturated carbocycles. The summed E-state index contributed by atoms with van der Waals surface area (Å²) in [5.74, 6) is -0.00153. The molecule has 0 aliphatic carbocycles. The van der Waals surface area contributed by atoms with Gasteiger partial charge in [-0.05, 0) is 30.9 Å². The molecule has 0 saturated heterocycles. The number of fused-ring (bicyclic) bond motifs is 1. The number of carbonyl (C=O) groups excluding carboxylic acids is 2. The third-order valence-electron chi connectivity index (χ3n) is 4.18. The number of hydrogen-bond donors (Lipinski definition) is 2. The monoisotopic (exact) mass is 302 g/mol. The first-order chi connectivity index (χ1) is 10.7. The van der Waals surface area contributed by atoms with Crippen molar-refractivity contribution in [1.29, 1.82) is 0 Å². The highest BCUT2D eigenvalue weighted by atomic mass is 16.2. The number of rotatable bonds is 8. The van der Waals surface area contributed by atoms with E-state index in [2.05, 4.69) is 17.6 Å². The molecule has 0 bridgehead atoms. The van der Waals surface area contributed by atoms with Crippen LogP contribution in [0, 0.1) is 5.92 Å². The average molecular weight is 302 g/mol. The summed E-state index contributed by atoms with van der Waals surface area (Å²) in [6.45, 7) is 2.92. The summed E-state index contributed by atoms with van der Waals surface area (Å²) in [5, 5.41) is 5.87. The summed E-state index contributed by atoms with van der Waals surface area (Å²) in [6.07, 6.45) is 6.39. The predicted octanol–water partition coefficient (Wildman–Crippen LogP) is 3.27. The van der Waals surface area contributed by atoms with E-state index in [1.165, 1.54) is 19.3 Å². The lowest BCUT2D eigenvalue weighted by Crippen LogP contribution is -2.32. The minimum absolute atomic E-state index is 0.0365. The molecule has 0 radical (unpaired) electrons. The quantitative estimate of drug-likeness (QED) is 0.724. The van der Waals surface area contributed by atoms with Crippen molar-refractivity contribution in [1.82, 2.24) is 5.32 Å². The Labute approximate surface area is 132 Å². The lowest BCUT2D eigenvalue weighted by atomic mass is 9.89. The van der Waals surface area contributed by atoms with Gasteiger partial charge in [-0.1, -0.05) is 44.4 Å². The lowest BCUT2D eigenvalue weighted by Gasteiger charge is -2.24. The fourth-order valence-electron chi connectivity index (χ4n) is 2.82. The topological polar surface area (TPSA) is 58.2 Å². The highest BCUT2D eigenvalue weighted by Gasteiger charge is 2.26. The minimum Gasteiger partial charge on any atom is -0.356 e. The molecule has 4 nitrogen and oxygen atoms in total. The van der Waals surface area contributed by atoms with Gasteiger partial charge in [0.05, 0.1) is 0 Å². The van der Waals surface area contributed by atoms with Gasteiger partial charge in [0.1, 0.15) is 0 Å². The number of benzene rings is 1.